The summed E-state index contributed by atoms with van der Waals surface area (Å²) in [6.07, 6.45) is 2.02. The van der Waals surface area contributed by atoms with Crippen LogP contribution in [0.1, 0.15) is 48.1 Å². The van der Waals surface area contributed by atoms with Crippen molar-refractivity contribution in [2.24, 2.45) is 0 Å². The lowest BCUT2D eigenvalue weighted by atomic mass is 9.96. The van der Waals surface area contributed by atoms with Crippen LogP contribution in [0.2, 0.25) is 5.28 Å². The van der Waals surface area contributed by atoms with E-state index in [1.807, 2.05) is 0 Å². The van der Waals surface area contributed by atoms with Gasteiger partial charge in [-0.1, -0.05) is 18.2 Å². The molecule has 1 N–H and O–H groups in total. The third-order valence-corrected chi connectivity index (χ3v) is 7.36. The van der Waals surface area contributed by atoms with Crippen molar-refractivity contribution in [2.75, 3.05) is 39.0 Å². The Bertz CT molecular complexity index is 1070. The average molecular weight is 511 g/mol. The number of amides is 1. The molecule has 2 saturated heterocycles. The second kappa shape index (κ2) is 10.7. The van der Waals surface area contributed by atoms with Gasteiger partial charge in [0.25, 0.3) is 6.43 Å². The van der Waals surface area contributed by atoms with Gasteiger partial charge in [-0.25, -0.2) is 23.1 Å². The van der Waals surface area contributed by atoms with Gasteiger partial charge in [0.1, 0.15) is 11.6 Å². The van der Waals surface area contributed by atoms with Gasteiger partial charge >= 0.3 is 0 Å². The maximum atomic E-state index is 14.1. The zero-order valence-corrected chi connectivity index (χ0v) is 20.7. The van der Waals surface area contributed by atoms with E-state index in [2.05, 4.69) is 39.2 Å². The predicted octanol–water partition coefficient (Wildman–Crippen LogP) is 4.08. The molecular weight excluding hydrogens is 481 g/mol. The number of nitrogens with one attached hydrogen (secondary N) is 1. The average Bonchev–Trinajstić information content (AvgIpc) is 3.52. The van der Waals surface area contributed by atoms with Crippen molar-refractivity contribution in [3.8, 4) is 0 Å². The van der Waals surface area contributed by atoms with Gasteiger partial charge in [0.15, 0.2) is 0 Å². The topological polar surface area (TPSA) is 64.6 Å². The maximum absolute atomic E-state index is 14.1. The Hall–Kier alpha value is -2.43. The lowest BCUT2D eigenvalue weighted by Gasteiger charge is -2.31. The smallest absolute Gasteiger partial charge is 0.266 e. The van der Waals surface area contributed by atoms with E-state index in [4.69, 9.17) is 11.6 Å². The highest BCUT2D eigenvalue weighted by Gasteiger charge is 2.42. The molecule has 1 spiro atoms. The Kier molecular flexibility index (Phi) is 7.83. The summed E-state index contributed by atoms with van der Waals surface area (Å²) in [4.78, 5) is 25.5. The largest absolute Gasteiger partial charge is 0.365 e. The third kappa shape index (κ3) is 5.54. The zero-order chi connectivity index (χ0) is 25.2. The summed E-state index contributed by atoms with van der Waals surface area (Å²) in [5.41, 5.74) is 1.30. The van der Waals surface area contributed by atoms with Crippen molar-refractivity contribution < 1.29 is 18.0 Å². The molecule has 4 heterocycles. The van der Waals surface area contributed by atoms with Crippen molar-refractivity contribution in [1.82, 2.24) is 24.7 Å². The van der Waals surface area contributed by atoms with Gasteiger partial charge in [0, 0.05) is 29.8 Å². The first-order chi connectivity index (χ1) is 16.7. The number of alkyl halides is 2. The lowest BCUT2D eigenvalue weighted by molar-refractivity contribution is -0.118. The second-order valence-electron chi connectivity index (χ2n) is 9.49. The summed E-state index contributed by atoms with van der Waals surface area (Å²) in [5.74, 6) is -0.595. The number of aromatic nitrogens is 2. The van der Waals surface area contributed by atoms with Crippen LogP contribution in [0.3, 0.4) is 0 Å². The Morgan fingerprint density at radius 2 is 2.00 bits per heavy atom. The standard InChI is InChI=1S/C15H12ClF3N4O.C9H18N2/c16-15-21-11-6-23(7-24)5-10(11)14(22-15)20-4-8-2-1-3-9(12(8)17)13(18)19;1-10-7-5-9(8-10)4-3-6-11(9)2/h1-3,7,13H,4-6H2,(H,20,21,22);3-8H2,1-2H3. The van der Waals surface area contributed by atoms with Crippen LogP contribution in [0.5, 0.6) is 0 Å². The molecule has 35 heavy (non-hydrogen) atoms. The third-order valence-electron chi connectivity index (χ3n) is 7.19. The van der Waals surface area contributed by atoms with Crippen molar-refractivity contribution in [3.05, 3.63) is 51.7 Å². The number of nitrogens with zero attached hydrogens (tertiary/aromatic N) is 5. The van der Waals surface area contributed by atoms with Crippen LogP contribution >= 0.6 is 11.6 Å². The molecule has 0 aliphatic carbocycles. The quantitative estimate of drug-likeness (QED) is 0.483. The van der Waals surface area contributed by atoms with Crippen LogP contribution in [0.15, 0.2) is 18.2 Å². The number of fused-ring (bicyclic) bond motifs is 1. The fourth-order valence-corrected chi connectivity index (χ4v) is 5.39. The normalized spacial score (nSPS) is 22.0. The van der Waals surface area contributed by atoms with E-state index in [1.54, 1.807) is 0 Å². The van der Waals surface area contributed by atoms with Crippen molar-refractivity contribution in [2.45, 2.75) is 50.9 Å². The molecular formula is C24H30ClF3N6O. The highest BCUT2D eigenvalue weighted by atomic mass is 35.5. The number of halogens is 4. The minimum atomic E-state index is -2.89. The zero-order valence-electron chi connectivity index (χ0n) is 19.9. The van der Waals surface area contributed by atoms with Crippen LogP contribution < -0.4 is 5.32 Å². The summed E-state index contributed by atoms with van der Waals surface area (Å²) < 4.78 is 39.6. The molecule has 5 rings (SSSR count). The number of likely N-dealkylation sites (N-methyl/N-ethyl adjacent to an activating group) is 2. The fourth-order valence-electron chi connectivity index (χ4n) is 5.20. The van der Waals surface area contributed by atoms with Gasteiger partial charge in [-0.3, -0.25) is 9.69 Å². The van der Waals surface area contributed by atoms with Crippen LogP contribution in [0, 0.1) is 5.82 Å². The summed E-state index contributed by atoms with van der Waals surface area (Å²) in [7, 11) is 4.52. The van der Waals surface area contributed by atoms with Crippen molar-refractivity contribution >= 4 is 23.8 Å². The lowest BCUT2D eigenvalue weighted by Crippen LogP contribution is -2.43. The Balaban J connectivity index is 0.000000218. The first-order valence-electron chi connectivity index (χ1n) is 11.7. The molecule has 3 aliphatic rings. The summed E-state index contributed by atoms with van der Waals surface area (Å²) in [5, 5.41) is 2.88. The molecule has 1 amide bonds. The summed E-state index contributed by atoms with van der Waals surface area (Å²) in [6, 6.07) is 3.83. The number of carbonyl (C=O) groups excluding carboxylic acids is 1. The number of hydrogen-bond donors (Lipinski definition) is 1. The van der Waals surface area contributed by atoms with Gasteiger partial charge in [0.2, 0.25) is 11.7 Å². The Morgan fingerprint density at radius 3 is 2.63 bits per heavy atom. The fraction of sp³-hybridized carbons (Fsp3) is 0.542. The number of hydrogen-bond acceptors (Lipinski definition) is 6. The number of anilines is 1. The van der Waals surface area contributed by atoms with Gasteiger partial charge < -0.3 is 15.1 Å². The molecule has 0 bridgehead atoms. The molecule has 2 fully saturated rings. The number of rotatable bonds is 5. The van der Waals surface area contributed by atoms with E-state index in [-0.39, 0.29) is 17.4 Å². The molecule has 1 aromatic carbocycles. The van der Waals surface area contributed by atoms with Gasteiger partial charge in [-0.15, -0.1) is 0 Å². The molecule has 7 nitrogen and oxygen atoms in total. The molecule has 1 atom stereocenters. The number of likely N-dealkylation sites (tertiary alicyclic amines) is 2. The van der Waals surface area contributed by atoms with Crippen LogP contribution in [0.4, 0.5) is 19.0 Å². The van der Waals surface area contributed by atoms with Gasteiger partial charge in [-0.05, 0) is 58.0 Å². The molecule has 11 heteroatoms. The summed E-state index contributed by atoms with van der Waals surface area (Å²) in [6.45, 7) is 4.47. The molecule has 0 saturated carbocycles. The minimum absolute atomic E-state index is 0.00852. The van der Waals surface area contributed by atoms with Crippen molar-refractivity contribution in [3.63, 3.8) is 0 Å². The van der Waals surface area contributed by atoms with Crippen LogP contribution in [-0.2, 0) is 24.4 Å². The van der Waals surface area contributed by atoms with E-state index in [1.165, 1.54) is 55.9 Å². The van der Waals surface area contributed by atoms with E-state index < -0.39 is 17.8 Å². The molecule has 2 aromatic rings. The Labute approximate surface area is 208 Å². The van der Waals surface area contributed by atoms with E-state index >= 15 is 0 Å². The van der Waals surface area contributed by atoms with Crippen LogP contribution in [0.25, 0.3) is 0 Å². The minimum Gasteiger partial charge on any atom is -0.365 e. The molecule has 1 unspecified atom stereocenters. The SMILES string of the molecule is CN1CCC2(CCCN2C)C1.O=CN1Cc2nc(Cl)nc(NCc3cccc(C(F)F)c3F)c2C1. The second-order valence-corrected chi connectivity index (χ2v) is 9.83. The molecule has 1 aromatic heterocycles. The van der Waals surface area contributed by atoms with E-state index in [9.17, 15) is 18.0 Å². The van der Waals surface area contributed by atoms with Crippen LogP contribution in [-0.4, -0.2) is 70.3 Å². The number of carbonyl (C=O) groups is 1. The Morgan fingerprint density at radius 1 is 1.20 bits per heavy atom. The molecule has 0 radical (unpaired) electrons. The molecule has 3 aliphatic heterocycles. The highest BCUT2D eigenvalue weighted by Crippen LogP contribution is 2.35. The predicted molar refractivity (Wildman–Crippen MR) is 128 cm³/mol. The maximum Gasteiger partial charge on any atom is 0.266 e. The molecule has 190 valence electrons. The van der Waals surface area contributed by atoms with Gasteiger partial charge in [-0.2, -0.15) is 0 Å². The first-order valence-corrected chi connectivity index (χ1v) is 12.0. The monoisotopic (exact) mass is 510 g/mol. The van der Waals surface area contributed by atoms with Gasteiger partial charge in [0.05, 0.1) is 24.3 Å². The van der Waals surface area contributed by atoms with E-state index in [0.29, 0.717) is 42.1 Å². The highest BCUT2D eigenvalue weighted by molar-refractivity contribution is 6.28. The first kappa shape index (κ1) is 25.7. The summed E-state index contributed by atoms with van der Waals surface area (Å²) >= 11 is 5.86. The van der Waals surface area contributed by atoms with E-state index in [0.717, 1.165) is 6.07 Å². The van der Waals surface area contributed by atoms with Crippen molar-refractivity contribution in [1.29, 1.82) is 0 Å². The number of benzene rings is 1.